The zero-order valence-corrected chi connectivity index (χ0v) is 12.1. The molecular weight excluding hydrogens is 208 g/mol. The molecule has 0 amide bonds. The summed E-state index contributed by atoms with van der Waals surface area (Å²) in [7, 11) is 2.25. The fraction of sp³-hybridized carbons (Fsp3) is 1.00. The lowest BCUT2D eigenvalue weighted by Crippen LogP contribution is -2.51. The molecule has 2 nitrogen and oxygen atoms in total. The first-order valence-corrected chi connectivity index (χ1v) is 7.41. The molecule has 2 rings (SSSR count). The Balaban J connectivity index is 1.78. The van der Waals surface area contributed by atoms with Gasteiger partial charge in [0.05, 0.1) is 0 Å². The Morgan fingerprint density at radius 2 is 1.76 bits per heavy atom. The maximum atomic E-state index is 3.94. The van der Waals surface area contributed by atoms with Crippen LogP contribution in [0.4, 0.5) is 0 Å². The van der Waals surface area contributed by atoms with Crippen molar-refractivity contribution in [3.05, 3.63) is 0 Å². The molecule has 2 heteroatoms. The second kappa shape index (κ2) is 5.27. The molecule has 1 N–H and O–H groups in total. The number of hydrogen-bond donors (Lipinski definition) is 1. The molecule has 2 unspecified atom stereocenters. The Hall–Kier alpha value is -0.0800. The number of nitrogens with zero attached hydrogens (tertiary/aromatic N) is 1. The van der Waals surface area contributed by atoms with E-state index in [1.165, 1.54) is 45.2 Å². The summed E-state index contributed by atoms with van der Waals surface area (Å²) in [6, 6.07) is 1.55. The highest BCUT2D eigenvalue weighted by atomic mass is 15.1. The van der Waals surface area contributed by atoms with Gasteiger partial charge in [-0.25, -0.2) is 0 Å². The van der Waals surface area contributed by atoms with Crippen molar-refractivity contribution in [2.45, 2.75) is 65.0 Å². The summed E-state index contributed by atoms with van der Waals surface area (Å²) in [5.41, 5.74) is 0.594. The number of rotatable bonds is 2. The molecule has 2 atom stereocenters. The van der Waals surface area contributed by atoms with Gasteiger partial charge < -0.3 is 10.2 Å². The average Bonchev–Trinajstić information content (AvgIpc) is 2.25. The molecule has 17 heavy (non-hydrogen) atoms. The Labute approximate surface area is 107 Å². The van der Waals surface area contributed by atoms with Crippen LogP contribution in [0.3, 0.4) is 0 Å². The van der Waals surface area contributed by atoms with Gasteiger partial charge in [0.15, 0.2) is 0 Å². The summed E-state index contributed by atoms with van der Waals surface area (Å²) in [6.07, 6.45) is 6.88. The molecule has 1 aliphatic heterocycles. The maximum absolute atomic E-state index is 3.94. The number of likely N-dealkylation sites (tertiary alicyclic amines) is 1. The molecule has 0 aromatic rings. The van der Waals surface area contributed by atoms with Gasteiger partial charge >= 0.3 is 0 Å². The van der Waals surface area contributed by atoms with E-state index in [2.05, 4.69) is 38.0 Å². The molecule has 0 aromatic carbocycles. The number of hydrogen-bond acceptors (Lipinski definition) is 2. The van der Waals surface area contributed by atoms with Crippen LogP contribution in [0.2, 0.25) is 0 Å². The van der Waals surface area contributed by atoms with E-state index in [-0.39, 0.29) is 0 Å². The van der Waals surface area contributed by atoms with E-state index in [9.17, 15) is 0 Å². The molecule has 1 heterocycles. The standard InChI is InChI=1S/C15H30N2/c1-12-11-17(4)10-7-14(12)16-13-5-8-15(2,3)9-6-13/h12-14,16H,5-11H2,1-4H3. The fourth-order valence-electron chi connectivity index (χ4n) is 3.47. The summed E-state index contributed by atoms with van der Waals surface area (Å²) < 4.78 is 0. The normalized spacial score (nSPS) is 36.0. The van der Waals surface area contributed by atoms with E-state index in [1.54, 1.807) is 0 Å². The van der Waals surface area contributed by atoms with Crippen LogP contribution in [0.25, 0.3) is 0 Å². The van der Waals surface area contributed by atoms with Gasteiger partial charge in [0.25, 0.3) is 0 Å². The fourth-order valence-corrected chi connectivity index (χ4v) is 3.47. The summed E-state index contributed by atoms with van der Waals surface area (Å²) in [5, 5.41) is 3.94. The van der Waals surface area contributed by atoms with Crippen LogP contribution < -0.4 is 5.32 Å². The van der Waals surface area contributed by atoms with Crippen molar-refractivity contribution in [3.8, 4) is 0 Å². The molecule has 1 saturated carbocycles. The highest BCUT2D eigenvalue weighted by Gasteiger charge is 2.30. The monoisotopic (exact) mass is 238 g/mol. The highest BCUT2D eigenvalue weighted by molar-refractivity contribution is 4.88. The Bertz CT molecular complexity index is 239. The van der Waals surface area contributed by atoms with E-state index in [0.717, 1.165) is 18.0 Å². The Morgan fingerprint density at radius 1 is 1.12 bits per heavy atom. The third-order valence-electron chi connectivity index (χ3n) is 4.90. The van der Waals surface area contributed by atoms with E-state index in [4.69, 9.17) is 0 Å². The lowest BCUT2D eigenvalue weighted by atomic mass is 9.75. The van der Waals surface area contributed by atoms with E-state index in [0.29, 0.717) is 5.41 Å². The summed E-state index contributed by atoms with van der Waals surface area (Å²) in [5.74, 6) is 0.809. The maximum Gasteiger partial charge on any atom is 0.0120 e. The van der Waals surface area contributed by atoms with Gasteiger partial charge in [-0.2, -0.15) is 0 Å². The molecular formula is C15H30N2. The van der Waals surface area contributed by atoms with Crippen LogP contribution in [-0.4, -0.2) is 37.1 Å². The van der Waals surface area contributed by atoms with Crippen molar-refractivity contribution < 1.29 is 0 Å². The third kappa shape index (κ3) is 3.69. The van der Waals surface area contributed by atoms with Crippen LogP contribution in [-0.2, 0) is 0 Å². The van der Waals surface area contributed by atoms with Crippen molar-refractivity contribution in [3.63, 3.8) is 0 Å². The number of piperidine rings is 1. The Morgan fingerprint density at radius 3 is 2.35 bits per heavy atom. The number of nitrogens with one attached hydrogen (secondary N) is 1. The van der Waals surface area contributed by atoms with Crippen LogP contribution in [0, 0.1) is 11.3 Å². The minimum absolute atomic E-state index is 0.594. The zero-order valence-electron chi connectivity index (χ0n) is 12.1. The summed E-state index contributed by atoms with van der Waals surface area (Å²) in [6.45, 7) is 9.76. The van der Waals surface area contributed by atoms with Crippen molar-refractivity contribution in [2.75, 3.05) is 20.1 Å². The molecule has 0 aromatic heterocycles. The molecule has 0 spiro atoms. The van der Waals surface area contributed by atoms with Gasteiger partial charge in [-0.15, -0.1) is 0 Å². The largest absolute Gasteiger partial charge is 0.311 e. The van der Waals surface area contributed by atoms with E-state index < -0.39 is 0 Å². The third-order valence-corrected chi connectivity index (χ3v) is 4.90. The second-order valence-electron chi connectivity index (χ2n) is 7.24. The predicted octanol–water partition coefficient (Wildman–Crippen LogP) is 2.89. The quantitative estimate of drug-likeness (QED) is 0.796. The lowest BCUT2D eigenvalue weighted by molar-refractivity contribution is 0.140. The van der Waals surface area contributed by atoms with Gasteiger partial charge in [-0.05, 0) is 57.0 Å². The average molecular weight is 238 g/mol. The van der Waals surface area contributed by atoms with Gasteiger partial charge in [-0.3, -0.25) is 0 Å². The predicted molar refractivity (Wildman–Crippen MR) is 74.2 cm³/mol. The molecule has 100 valence electrons. The summed E-state index contributed by atoms with van der Waals surface area (Å²) >= 11 is 0. The van der Waals surface area contributed by atoms with E-state index in [1.807, 2.05) is 0 Å². The second-order valence-corrected chi connectivity index (χ2v) is 7.24. The van der Waals surface area contributed by atoms with Crippen molar-refractivity contribution in [2.24, 2.45) is 11.3 Å². The van der Waals surface area contributed by atoms with Crippen LogP contribution in [0.15, 0.2) is 0 Å². The zero-order chi connectivity index (χ0) is 12.5. The summed E-state index contributed by atoms with van der Waals surface area (Å²) in [4.78, 5) is 2.47. The van der Waals surface area contributed by atoms with Crippen LogP contribution >= 0.6 is 0 Å². The van der Waals surface area contributed by atoms with Crippen molar-refractivity contribution in [1.82, 2.24) is 10.2 Å². The Kier molecular flexibility index (Phi) is 4.14. The topological polar surface area (TPSA) is 15.3 Å². The van der Waals surface area contributed by atoms with Crippen LogP contribution in [0.1, 0.15) is 52.9 Å². The molecule has 1 aliphatic carbocycles. The van der Waals surface area contributed by atoms with Gasteiger partial charge in [0, 0.05) is 18.6 Å². The van der Waals surface area contributed by atoms with E-state index >= 15 is 0 Å². The smallest absolute Gasteiger partial charge is 0.0120 e. The molecule has 1 saturated heterocycles. The molecule has 0 bridgehead atoms. The first-order valence-electron chi connectivity index (χ1n) is 7.41. The lowest BCUT2D eigenvalue weighted by Gasteiger charge is -2.41. The first kappa shape index (κ1) is 13.4. The van der Waals surface area contributed by atoms with Gasteiger partial charge in [0.2, 0.25) is 0 Å². The minimum atomic E-state index is 0.594. The van der Waals surface area contributed by atoms with Gasteiger partial charge in [-0.1, -0.05) is 20.8 Å². The van der Waals surface area contributed by atoms with Gasteiger partial charge in [0.1, 0.15) is 0 Å². The van der Waals surface area contributed by atoms with Crippen molar-refractivity contribution >= 4 is 0 Å². The first-order chi connectivity index (χ1) is 7.96. The van der Waals surface area contributed by atoms with Crippen LogP contribution in [0.5, 0.6) is 0 Å². The molecule has 2 fully saturated rings. The highest BCUT2D eigenvalue weighted by Crippen LogP contribution is 2.35. The SMILES string of the molecule is CC1CN(C)CCC1NC1CCC(C)(C)CC1. The molecule has 2 aliphatic rings. The molecule has 0 radical (unpaired) electrons. The minimum Gasteiger partial charge on any atom is -0.311 e. The van der Waals surface area contributed by atoms with Crippen molar-refractivity contribution in [1.29, 1.82) is 0 Å².